The van der Waals surface area contributed by atoms with E-state index in [0.29, 0.717) is 11.3 Å². The van der Waals surface area contributed by atoms with E-state index in [4.69, 9.17) is 10.2 Å². The highest BCUT2D eigenvalue weighted by Crippen LogP contribution is 2.19. The molecule has 0 heterocycles. The van der Waals surface area contributed by atoms with Gasteiger partial charge in [-0.1, -0.05) is 12.1 Å². The lowest BCUT2D eigenvalue weighted by Crippen LogP contribution is -2.13. The molecule has 2 aromatic rings. The lowest BCUT2D eigenvalue weighted by Gasteiger charge is -2.08. The first-order valence-electron chi connectivity index (χ1n) is 5.99. The van der Waals surface area contributed by atoms with Gasteiger partial charge in [0.2, 0.25) is 0 Å². The molecule has 0 aromatic heterocycles. The summed E-state index contributed by atoms with van der Waals surface area (Å²) in [6.45, 7) is 0. The molecule has 0 bridgehead atoms. The van der Waals surface area contributed by atoms with Gasteiger partial charge in [0.05, 0.1) is 11.3 Å². The number of phenols is 1. The molecule has 6 nitrogen and oxygen atoms in total. The van der Waals surface area contributed by atoms with Gasteiger partial charge >= 0.3 is 5.97 Å². The Kier molecular flexibility index (Phi) is 4.13. The van der Waals surface area contributed by atoms with Crippen LogP contribution < -0.4 is 4.72 Å². The van der Waals surface area contributed by atoms with Crippen LogP contribution in [-0.4, -0.2) is 24.6 Å². The van der Waals surface area contributed by atoms with Gasteiger partial charge in [0.1, 0.15) is 5.75 Å². The van der Waals surface area contributed by atoms with Crippen LogP contribution in [0.2, 0.25) is 0 Å². The maximum atomic E-state index is 12.1. The van der Waals surface area contributed by atoms with Gasteiger partial charge in [-0.05, 0) is 42.0 Å². The second-order valence-electron chi connectivity index (χ2n) is 4.37. The third kappa shape index (κ3) is 3.96. The molecule has 2 rings (SSSR count). The third-order valence-electron chi connectivity index (χ3n) is 2.71. The van der Waals surface area contributed by atoms with Crippen LogP contribution in [-0.2, 0) is 21.2 Å². The average molecular weight is 307 g/mol. The van der Waals surface area contributed by atoms with Crippen LogP contribution in [0.25, 0.3) is 0 Å². The number of phenolic OH excluding ortho intramolecular Hbond substituents is 1. The highest BCUT2D eigenvalue weighted by Gasteiger charge is 2.14. The number of carboxylic acid groups (broad SMARTS) is 1. The fourth-order valence-corrected chi connectivity index (χ4v) is 2.76. The van der Waals surface area contributed by atoms with Crippen LogP contribution in [0.15, 0.2) is 53.4 Å². The van der Waals surface area contributed by atoms with Crippen LogP contribution in [0.3, 0.4) is 0 Å². The second kappa shape index (κ2) is 5.84. The molecular weight excluding hydrogens is 294 g/mol. The van der Waals surface area contributed by atoms with Gasteiger partial charge in [0, 0.05) is 5.69 Å². The molecule has 0 aliphatic rings. The lowest BCUT2D eigenvalue weighted by molar-refractivity contribution is -0.136. The molecule has 0 radical (unpaired) electrons. The summed E-state index contributed by atoms with van der Waals surface area (Å²) in [5, 5.41) is 17.8. The highest BCUT2D eigenvalue weighted by atomic mass is 32.2. The van der Waals surface area contributed by atoms with Gasteiger partial charge in [-0.25, -0.2) is 8.42 Å². The number of aromatic hydroxyl groups is 1. The predicted octanol–water partition coefficient (Wildman–Crippen LogP) is 1.82. The Morgan fingerprint density at radius 1 is 1.00 bits per heavy atom. The van der Waals surface area contributed by atoms with Crippen molar-refractivity contribution in [1.29, 1.82) is 0 Å². The van der Waals surface area contributed by atoms with Crippen molar-refractivity contribution >= 4 is 21.7 Å². The van der Waals surface area contributed by atoms with E-state index in [9.17, 15) is 13.2 Å². The third-order valence-corrected chi connectivity index (χ3v) is 4.11. The number of nitrogens with one attached hydrogen (secondary N) is 1. The molecule has 0 saturated carbocycles. The van der Waals surface area contributed by atoms with Crippen molar-refractivity contribution < 1.29 is 23.4 Å². The number of sulfonamides is 1. The Labute approximate surface area is 121 Å². The van der Waals surface area contributed by atoms with Crippen molar-refractivity contribution in [3.05, 3.63) is 54.1 Å². The van der Waals surface area contributed by atoms with Gasteiger partial charge in [-0.3, -0.25) is 9.52 Å². The molecule has 2 aromatic carbocycles. The molecule has 0 atom stereocenters. The van der Waals surface area contributed by atoms with Crippen molar-refractivity contribution in [1.82, 2.24) is 0 Å². The maximum absolute atomic E-state index is 12.1. The quantitative estimate of drug-likeness (QED) is 0.731. The summed E-state index contributed by atoms with van der Waals surface area (Å²) < 4.78 is 26.6. The van der Waals surface area contributed by atoms with E-state index in [2.05, 4.69) is 4.72 Å². The summed E-state index contributed by atoms with van der Waals surface area (Å²) >= 11 is 0. The SMILES string of the molecule is O=C(O)Cc1ccc(S(=O)(=O)Nc2ccc(O)cc2)cc1. The number of benzene rings is 2. The normalized spacial score (nSPS) is 11.0. The molecule has 0 fully saturated rings. The minimum absolute atomic E-state index is 0.0321. The van der Waals surface area contributed by atoms with E-state index in [-0.39, 0.29) is 17.1 Å². The average Bonchev–Trinajstić information content (AvgIpc) is 2.41. The topological polar surface area (TPSA) is 104 Å². The largest absolute Gasteiger partial charge is 0.508 e. The number of hydrogen-bond donors (Lipinski definition) is 3. The first-order valence-corrected chi connectivity index (χ1v) is 7.48. The first-order chi connectivity index (χ1) is 9.87. The second-order valence-corrected chi connectivity index (χ2v) is 6.05. The Balaban J connectivity index is 2.19. The zero-order valence-corrected chi connectivity index (χ0v) is 11.7. The summed E-state index contributed by atoms with van der Waals surface area (Å²) in [5.74, 6) is -0.941. The smallest absolute Gasteiger partial charge is 0.307 e. The number of carbonyl (C=O) groups is 1. The molecule has 0 aliphatic heterocycles. The Morgan fingerprint density at radius 3 is 2.10 bits per heavy atom. The van der Waals surface area contributed by atoms with E-state index in [0.717, 1.165) is 0 Å². The molecule has 0 amide bonds. The molecular formula is C14H13NO5S. The summed E-state index contributed by atoms with van der Waals surface area (Å²) in [5.41, 5.74) is 0.841. The molecule has 21 heavy (non-hydrogen) atoms. The van der Waals surface area contributed by atoms with Crippen LogP contribution in [0.4, 0.5) is 5.69 Å². The van der Waals surface area contributed by atoms with Gasteiger partial charge in [-0.15, -0.1) is 0 Å². The minimum Gasteiger partial charge on any atom is -0.508 e. The fourth-order valence-electron chi connectivity index (χ4n) is 1.70. The van der Waals surface area contributed by atoms with E-state index in [1.165, 1.54) is 48.5 Å². The summed E-state index contributed by atoms with van der Waals surface area (Å²) in [6.07, 6.45) is -0.161. The molecule has 0 unspecified atom stereocenters. The standard InChI is InChI=1S/C14H13NO5S/c16-12-5-3-11(4-6-12)15-21(19,20)13-7-1-10(2-8-13)9-14(17)18/h1-8,15-16H,9H2,(H,17,18). The van der Waals surface area contributed by atoms with E-state index in [1.54, 1.807) is 0 Å². The molecule has 7 heteroatoms. The van der Waals surface area contributed by atoms with Gasteiger partial charge < -0.3 is 10.2 Å². The molecule has 0 aliphatic carbocycles. The first kappa shape index (κ1) is 14.9. The predicted molar refractivity (Wildman–Crippen MR) is 76.7 cm³/mol. The molecule has 3 N–H and O–H groups in total. The van der Waals surface area contributed by atoms with Crippen molar-refractivity contribution in [3.8, 4) is 5.75 Å². The van der Waals surface area contributed by atoms with Crippen LogP contribution in [0.1, 0.15) is 5.56 Å². The molecule has 0 spiro atoms. The summed E-state index contributed by atoms with van der Waals surface area (Å²) in [4.78, 5) is 10.6. The Hall–Kier alpha value is -2.54. The number of anilines is 1. The minimum atomic E-state index is -3.75. The van der Waals surface area contributed by atoms with Gasteiger partial charge in [0.25, 0.3) is 10.0 Å². The Morgan fingerprint density at radius 2 is 1.57 bits per heavy atom. The van der Waals surface area contributed by atoms with Crippen molar-refractivity contribution in [2.45, 2.75) is 11.3 Å². The van der Waals surface area contributed by atoms with Crippen LogP contribution in [0, 0.1) is 0 Å². The molecule has 110 valence electrons. The van der Waals surface area contributed by atoms with Crippen molar-refractivity contribution in [2.24, 2.45) is 0 Å². The maximum Gasteiger partial charge on any atom is 0.307 e. The Bertz CT molecular complexity index is 736. The van der Waals surface area contributed by atoms with E-state index in [1.807, 2.05) is 0 Å². The van der Waals surface area contributed by atoms with Gasteiger partial charge in [-0.2, -0.15) is 0 Å². The number of aliphatic carboxylic acids is 1. The number of hydrogen-bond acceptors (Lipinski definition) is 4. The molecule has 0 saturated heterocycles. The zero-order chi connectivity index (χ0) is 15.5. The summed E-state index contributed by atoms with van der Waals surface area (Å²) in [6, 6.07) is 11.2. The zero-order valence-electron chi connectivity index (χ0n) is 10.9. The van der Waals surface area contributed by atoms with Crippen LogP contribution >= 0.6 is 0 Å². The summed E-state index contributed by atoms with van der Waals surface area (Å²) in [7, 11) is -3.75. The monoisotopic (exact) mass is 307 g/mol. The number of rotatable bonds is 5. The van der Waals surface area contributed by atoms with Crippen molar-refractivity contribution in [3.63, 3.8) is 0 Å². The lowest BCUT2D eigenvalue weighted by atomic mass is 10.2. The van der Waals surface area contributed by atoms with E-state index < -0.39 is 16.0 Å². The number of carboxylic acids is 1. The van der Waals surface area contributed by atoms with Crippen LogP contribution in [0.5, 0.6) is 5.75 Å². The van der Waals surface area contributed by atoms with Crippen molar-refractivity contribution in [2.75, 3.05) is 4.72 Å². The van der Waals surface area contributed by atoms with E-state index >= 15 is 0 Å². The fraction of sp³-hybridized carbons (Fsp3) is 0.0714. The van der Waals surface area contributed by atoms with Gasteiger partial charge in [0.15, 0.2) is 0 Å². The highest BCUT2D eigenvalue weighted by molar-refractivity contribution is 7.92.